The van der Waals surface area contributed by atoms with Crippen LogP contribution in [0.3, 0.4) is 0 Å². The van der Waals surface area contributed by atoms with Gasteiger partial charge in [-0.1, -0.05) is 0 Å². The minimum Gasteiger partial charge on any atom is -0.497 e. The van der Waals surface area contributed by atoms with E-state index >= 15 is 0 Å². The first-order valence-corrected chi connectivity index (χ1v) is 9.00. The van der Waals surface area contributed by atoms with E-state index in [1.54, 1.807) is 30.3 Å². The van der Waals surface area contributed by atoms with E-state index < -0.39 is 11.6 Å². The van der Waals surface area contributed by atoms with Crippen LogP contribution in [0.4, 0.5) is 5.82 Å². The van der Waals surface area contributed by atoms with Crippen LogP contribution in [0.2, 0.25) is 0 Å². The molecule has 2 aromatic heterocycles. The number of methoxy groups -OCH3 is 1. The molecule has 0 atom stereocenters. The second kappa shape index (κ2) is 7.67. The number of esters is 1. The summed E-state index contributed by atoms with van der Waals surface area (Å²) >= 11 is 0. The lowest BCUT2D eigenvalue weighted by Gasteiger charge is -2.15. The lowest BCUT2D eigenvalue weighted by atomic mass is 10.1. The molecule has 0 N–H and O–H groups in total. The van der Waals surface area contributed by atoms with E-state index in [1.165, 1.54) is 13.2 Å². The van der Waals surface area contributed by atoms with E-state index in [9.17, 15) is 9.59 Å². The first kappa shape index (κ1) is 18.0. The zero-order valence-electron chi connectivity index (χ0n) is 15.4. The van der Waals surface area contributed by atoms with Crippen molar-refractivity contribution in [1.29, 1.82) is 0 Å². The Bertz CT molecular complexity index is 1060. The van der Waals surface area contributed by atoms with Gasteiger partial charge in [0.25, 0.3) is 0 Å². The molecule has 1 aliphatic heterocycles. The Morgan fingerprint density at radius 3 is 2.68 bits per heavy atom. The average Bonchev–Trinajstić information content (AvgIpc) is 3.26. The molecule has 0 radical (unpaired) electrons. The van der Waals surface area contributed by atoms with Crippen LogP contribution in [-0.2, 0) is 11.3 Å². The molecule has 0 saturated carbocycles. The number of nitrogens with zero attached hydrogens (tertiary/aromatic N) is 3. The van der Waals surface area contributed by atoms with Gasteiger partial charge in [-0.3, -0.25) is 0 Å². The van der Waals surface area contributed by atoms with Gasteiger partial charge in [0, 0.05) is 36.2 Å². The van der Waals surface area contributed by atoms with Crippen LogP contribution in [-0.4, -0.2) is 36.4 Å². The van der Waals surface area contributed by atoms with Crippen molar-refractivity contribution in [3.63, 3.8) is 0 Å². The summed E-state index contributed by atoms with van der Waals surface area (Å²) in [6.45, 7) is 1.82. The average molecular weight is 381 g/mol. The quantitative estimate of drug-likeness (QED) is 0.492. The van der Waals surface area contributed by atoms with Gasteiger partial charge in [0.2, 0.25) is 0 Å². The third-order valence-corrected chi connectivity index (χ3v) is 4.69. The van der Waals surface area contributed by atoms with Gasteiger partial charge in [0.1, 0.15) is 17.9 Å². The third kappa shape index (κ3) is 3.66. The van der Waals surface area contributed by atoms with Gasteiger partial charge < -0.3 is 18.8 Å². The Labute approximate surface area is 160 Å². The van der Waals surface area contributed by atoms with Gasteiger partial charge in [-0.15, -0.1) is 10.2 Å². The van der Waals surface area contributed by atoms with Crippen LogP contribution in [0.1, 0.15) is 28.9 Å². The fraction of sp³-hybridized carbons (Fsp3) is 0.300. The van der Waals surface area contributed by atoms with Crippen LogP contribution in [0, 0.1) is 0 Å². The van der Waals surface area contributed by atoms with E-state index in [0.29, 0.717) is 22.3 Å². The Kier molecular flexibility index (Phi) is 4.92. The molecule has 8 heteroatoms. The molecule has 0 bridgehead atoms. The summed E-state index contributed by atoms with van der Waals surface area (Å²) in [5, 5.41) is 8.76. The number of carbonyl (C=O) groups is 1. The normalized spacial score (nSPS) is 13.7. The van der Waals surface area contributed by atoms with Crippen LogP contribution in [0.25, 0.3) is 11.0 Å². The number of ether oxygens (including phenoxy) is 2. The SMILES string of the molecule is COc1ccc2c(COC(=O)c3ccc(N4CCCC4)nn3)cc(=O)oc2c1. The Balaban J connectivity index is 1.49. The number of hydrogen-bond donors (Lipinski definition) is 0. The molecule has 0 aliphatic carbocycles. The molecule has 1 aromatic carbocycles. The number of carbonyl (C=O) groups excluding carboxylic acids is 1. The van der Waals surface area contributed by atoms with E-state index in [0.717, 1.165) is 31.7 Å². The highest BCUT2D eigenvalue weighted by atomic mass is 16.5. The van der Waals surface area contributed by atoms with Crippen molar-refractivity contribution in [2.24, 2.45) is 0 Å². The fourth-order valence-electron chi connectivity index (χ4n) is 3.22. The van der Waals surface area contributed by atoms with E-state index in [-0.39, 0.29) is 12.3 Å². The summed E-state index contributed by atoms with van der Waals surface area (Å²) in [6, 6.07) is 9.80. The molecule has 3 aromatic rings. The highest BCUT2D eigenvalue weighted by Crippen LogP contribution is 2.23. The fourth-order valence-corrected chi connectivity index (χ4v) is 3.22. The van der Waals surface area contributed by atoms with Gasteiger partial charge in [0.05, 0.1) is 7.11 Å². The van der Waals surface area contributed by atoms with Gasteiger partial charge in [-0.25, -0.2) is 9.59 Å². The maximum Gasteiger partial charge on any atom is 0.359 e. The molecule has 0 spiro atoms. The van der Waals surface area contributed by atoms with Gasteiger partial charge in [0.15, 0.2) is 11.5 Å². The number of fused-ring (bicyclic) bond motifs is 1. The molecule has 1 fully saturated rings. The number of hydrogen-bond acceptors (Lipinski definition) is 8. The summed E-state index contributed by atoms with van der Waals surface area (Å²) in [5.41, 5.74) is 0.509. The van der Waals surface area contributed by atoms with Crippen molar-refractivity contribution >= 4 is 22.8 Å². The molecule has 0 amide bonds. The highest BCUT2D eigenvalue weighted by molar-refractivity contribution is 5.87. The molecule has 1 aliphatic rings. The molecule has 28 heavy (non-hydrogen) atoms. The first-order valence-electron chi connectivity index (χ1n) is 9.00. The topological polar surface area (TPSA) is 94.8 Å². The van der Waals surface area contributed by atoms with Gasteiger partial charge in [-0.05, 0) is 37.1 Å². The number of benzene rings is 1. The molecule has 3 heterocycles. The number of anilines is 1. The zero-order chi connectivity index (χ0) is 19.5. The summed E-state index contributed by atoms with van der Waals surface area (Å²) < 4.78 is 15.7. The van der Waals surface area contributed by atoms with Crippen molar-refractivity contribution in [2.75, 3.05) is 25.1 Å². The van der Waals surface area contributed by atoms with E-state index in [1.807, 2.05) is 0 Å². The highest BCUT2D eigenvalue weighted by Gasteiger charge is 2.16. The lowest BCUT2D eigenvalue weighted by molar-refractivity contribution is 0.0465. The van der Waals surface area contributed by atoms with Gasteiger partial charge >= 0.3 is 11.6 Å². The largest absolute Gasteiger partial charge is 0.497 e. The second-order valence-electron chi connectivity index (χ2n) is 6.50. The van der Waals surface area contributed by atoms with Crippen molar-refractivity contribution in [1.82, 2.24) is 10.2 Å². The van der Waals surface area contributed by atoms with Crippen LogP contribution >= 0.6 is 0 Å². The lowest BCUT2D eigenvalue weighted by Crippen LogP contribution is -2.20. The first-order chi connectivity index (χ1) is 13.6. The molecule has 1 saturated heterocycles. The summed E-state index contributed by atoms with van der Waals surface area (Å²) in [5.74, 6) is 0.725. The predicted octanol–water partition coefficient (Wildman–Crippen LogP) is 2.55. The summed E-state index contributed by atoms with van der Waals surface area (Å²) in [7, 11) is 1.53. The molecular weight excluding hydrogens is 362 g/mol. The van der Waals surface area contributed by atoms with Crippen molar-refractivity contribution in [2.45, 2.75) is 19.4 Å². The molecule has 4 rings (SSSR count). The monoisotopic (exact) mass is 381 g/mol. The van der Waals surface area contributed by atoms with E-state index in [4.69, 9.17) is 13.9 Å². The van der Waals surface area contributed by atoms with Gasteiger partial charge in [-0.2, -0.15) is 0 Å². The smallest absolute Gasteiger partial charge is 0.359 e. The van der Waals surface area contributed by atoms with Crippen molar-refractivity contribution < 1.29 is 18.7 Å². The predicted molar refractivity (Wildman–Crippen MR) is 102 cm³/mol. The number of aromatic nitrogens is 2. The minimum atomic E-state index is -0.602. The molecular formula is C20H19N3O5. The Morgan fingerprint density at radius 1 is 1.14 bits per heavy atom. The minimum absolute atomic E-state index is 0.0805. The van der Waals surface area contributed by atoms with E-state index in [2.05, 4.69) is 15.1 Å². The second-order valence-corrected chi connectivity index (χ2v) is 6.50. The summed E-state index contributed by atoms with van der Waals surface area (Å²) in [6.07, 6.45) is 2.27. The van der Waals surface area contributed by atoms with Crippen molar-refractivity contribution in [3.8, 4) is 5.75 Å². The van der Waals surface area contributed by atoms with Crippen LogP contribution in [0.5, 0.6) is 5.75 Å². The molecule has 0 unspecified atom stereocenters. The zero-order valence-corrected chi connectivity index (χ0v) is 15.4. The molecule has 8 nitrogen and oxygen atoms in total. The standard InChI is InChI=1S/C20H19N3O5/c1-26-14-4-5-15-13(10-19(24)28-17(15)11-14)12-27-20(25)16-6-7-18(22-21-16)23-8-2-3-9-23/h4-7,10-11H,2-3,8-9,12H2,1H3. The Hall–Kier alpha value is -3.42. The van der Waals surface area contributed by atoms with Crippen LogP contribution in [0.15, 0.2) is 45.6 Å². The van der Waals surface area contributed by atoms with Crippen molar-refractivity contribution in [3.05, 3.63) is 58.1 Å². The maximum absolute atomic E-state index is 12.3. The maximum atomic E-state index is 12.3. The van der Waals surface area contributed by atoms with Crippen LogP contribution < -0.4 is 15.3 Å². The molecule has 144 valence electrons. The third-order valence-electron chi connectivity index (χ3n) is 4.69. The number of rotatable bonds is 5. The Morgan fingerprint density at radius 2 is 1.96 bits per heavy atom. The summed E-state index contributed by atoms with van der Waals surface area (Å²) in [4.78, 5) is 26.2.